The molecule has 2 heterocycles. The Hall–Kier alpha value is -2.97. The molecule has 3 aromatic rings. The number of halogens is 1. The van der Waals surface area contributed by atoms with Crippen LogP contribution in [0.3, 0.4) is 0 Å². The Morgan fingerprint density at radius 2 is 1.84 bits per heavy atom. The van der Waals surface area contributed by atoms with Crippen LogP contribution in [0, 0.1) is 12.7 Å². The first kappa shape index (κ1) is 22.7. The van der Waals surface area contributed by atoms with E-state index in [1.54, 1.807) is 40.5 Å². The molecule has 0 bridgehead atoms. The van der Waals surface area contributed by atoms with Crippen molar-refractivity contribution >= 4 is 23.2 Å². The minimum absolute atomic E-state index is 0.117. The summed E-state index contributed by atoms with van der Waals surface area (Å²) in [5.41, 5.74) is 0.809. The van der Waals surface area contributed by atoms with Crippen LogP contribution in [0.15, 0.2) is 59.2 Å². The highest BCUT2D eigenvalue weighted by atomic mass is 32.1. The fraction of sp³-hybridized carbons (Fsp3) is 0.304. The molecule has 0 saturated heterocycles. The topological polar surface area (TPSA) is 63.0 Å². The smallest absolute Gasteiger partial charge is 0.290 e. The van der Waals surface area contributed by atoms with E-state index in [-0.39, 0.29) is 36.5 Å². The van der Waals surface area contributed by atoms with E-state index < -0.39 is 0 Å². The zero-order chi connectivity index (χ0) is 22.2. The van der Waals surface area contributed by atoms with Crippen LogP contribution in [-0.4, -0.2) is 48.4 Å². The van der Waals surface area contributed by atoms with E-state index in [1.165, 1.54) is 30.4 Å². The molecule has 0 spiro atoms. The number of hydrogen-bond donors (Lipinski definition) is 0. The van der Waals surface area contributed by atoms with Gasteiger partial charge in [-0.25, -0.2) is 4.39 Å². The summed E-state index contributed by atoms with van der Waals surface area (Å²) in [5.74, 6) is -0.747. The Balaban J connectivity index is 1.78. The van der Waals surface area contributed by atoms with E-state index in [1.807, 2.05) is 19.1 Å². The Kier molecular flexibility index (Phi) is 7.97. The van der Waals surface area contributed by atoms with Crippen molar-refractivity contribution in [1.29, 1.82) is 0 Å². The maximum atomic E-state index is 13.3. The Labute approximate surface area is 184 Å². The molecule has 8 heteroatoms. The third-order valence-corrected chi connectivity index (χ3v) is 5.68. The first-order chi connectivity index (χ1) is 15.0. The maximum absolute atomic E-state index is 13.3. The molecule has 0 fully saturated rings. The second kappa shape index (κ2) is 10.9. The van der Waals surface area contributed by atoms with Gasteiger partial charge in [0.25, 0.3) is 5.91 Å². The van der Waals surface area contributed by atoms with Gasteiger partial charge in [0, 0.05) is 30.0 Å². The van der Waals surface area contributed by atoms with Crippen molar-refractivity contribution in [2.24, 2.45) is 0 Å². The molecule has 0 radical (unpaired) electrons. The maximum Gasteiger partial charge on any atom is 0.290 e. The van der Waals surface area contributed by atoms with Gasteiger partial charge in [0.15, 0.2) is 5.76 Å². The summed E-state index contributed by atoms with van der Waals surface area (Å²) in [6.07, 6.45) is 1.42. The number of furan rings is 1. The van der Waals surface area contributed by atoms with Crippen LogP contribution in [0.5, 0.6) is 0 Å². The molecule has 0 atom stereocenters. The third kappa shape index (κ3) is 6.50. The Bertz CT molecular complexity index is 985. The zero-order valence-corrected chi connectivity index (χ0v) is 18.4. The Morgan fingerprint density at radius 1 is 1.06 bits per heavy atom. The van der Waals surface area contributed by atoms with Crippen LogP contribution >= 0.6 is 11.3 Å². The SMILES string of the molecule is COCCN(CC(=O)N(Cc1ccc(F)cc1)Cc1ccc(C)s1)C(=O)c1ccco1. The molecule has 3 rings (SSSR count). The molecule has 0 saturated carbocycles. The van der Waals surface area contributed by atoms with Gasteiger partial charge in [0.1, 0.15) is 12.4 Å². The van der Waals surface area contributed by atoms with Gasteiger partial charge < -0.3 is 19.0 Å². The van der Waals surface area contributed by atoms with Crippen LogP contribution in [0.2, 0.25) is 0 Å². The summed E-state index contributed by atoms with van der Waals surface area (Å²) in [7, 11) is 1.54. The van der Waals surface area contributed by atoms with E-state index >= 15 is 0 Å². The van der Waals surface area contributed by atoms with Gasteiger partial charge in [0.05, 0.1) is 19.4 Å². The number of amides is 2. The number of benzene rings is 1. The highest BCUT2D eigenvalue weighted by molar-refractivity contribution is 7.11. The molecule has 0 N–H and O–H groups in total. The monoisotopic (exact) mass is 444 g/mol. The molecule has 0 aliphatic carbocycles. The Morgan fingerprint density at radius 3 is 2.45 bits per heavy atom. The molecule has 164 valence electrons. The summed E-state index contributed by atoms with van der Waals surface area (Å²) in [5, 5.41) is 0. The molecular formula is C23H25FN2O4S. The predicted octanol–water partition coefficient (Wildman–Crippen LogP) is 4.11. The highest BCUT2D eigenvalue weighted by Crippen LogP contribution is 2.19. The molecule has 2 amide bonds. The number of carbonyl (C=O) groups excluding carboxylic acids is 2. The number of methoxy groups -OCH3 is 1. The second-order valence-electron chi connectivity index (χ2n) is 7.09. The van der Waals surface area contributed by atoms with Crippen molar-refractivity contribution in [3.8, 4) is 0 Å². The van der Waals surface area contributed by atoms with Crippen LogP contribution in [0.25, 0.3) is 0 Å². The van der Waals surface area contributed by atoms with E-state index in [0.717, 1.165) is 15.3 Å². The standard InChI is InChI=1S/C23H25FN2O4S/c1-17-5-10-20(31-17)15-26(14-18-6-8-19(24)9-7-18)22(27)16-25(11-13-29-2)23(28)21-4-3-12-30-21/h3-10,12H,11,13-16H2,1-2H3. The average molecular weight is 445 g/mol. The average Bonchev–Trinajstić information content (AvgIpc) is 3.43. The van der Waals surface area contributed by atoms with Gasteiger partial charge in [0.2, 0.25) is 5.91 Å². The van der Waals surface area contributed by atoms with Gasteiger partial charge in [-0.2, -0.15) is 0 Å². The van der Waals surface area contributed by atoms with Crippen molar-refractivity contribution < 1.29 is 23.1 Å². The molecule has 2 aromatic heterocycles. The van der Waals surface area contributed by atoms with Crippen LogP contribution in [0.1, 0.15) is 25.9 Å². The fourth-order valence-corrected chi connectivity index (χ4v) is 3.98. The van der Waals surface area contributed by atoms with Crippen molar-refractivity contribution in [2.75, 3.05) is 26.8 Å². The number of carbonyl (C=O) groups is 2. The summed E-state index contributed by atoms with van der Waals surface area (Å²) >= 11 is 1.61. The lowest BCUT2D eigenvalue weighted by Gasteiger charge is -2.27. The van der Waals surface area contributed by atoms with E-state index in [9.17, 15) is 14.0 Å². The van der Waals surface area contributed by atoms with Crippen molar-refractivity contribution in [3.63, 3.8) is 0 Å². The molecule has 0 aliphatic rings. The van der Waals surface area contributed by atoms with Gasteiger partial charge in [-0.05, 0) is 48.9 Å². The van der Waals surface area contributed by atoms with E-state index in [4.69, 9.17) is 9.15 Å². The van der Waals surface area contributed by atoms with Gasteiger partial charge in [-0.1, -0.05) is 12.1 Å². The number of rotatable bonds is 10. The number of thiophene rings is 1. The molecule has 31 heavy (non-hydrogen) atoms. The summed E-state index contributed by atoms with van der Waals surface area (Å²) in [6.45, 7) is 3.15. The first-order valence-electron chi connectivity index (χ1n) is 9.85. The summed E-state index contributed by atoms with van der Waals surface area (Å²) < 4.78 is 23.6. The highest BCUT2D eigenvalue weighted by Gasteiger charge is 2.24. The number of aryl methyl sites for hydroxylation is 1. The quantitative estimate of drug-likeness (QED) is 0.472. The number of nitrogens with zero attached hydrogens (tertiary/aromatic N) is 2. The van der Waals surface area contributed by atoms with Crippen molar-refractivity contribution in [3.05, 3.63) is 81.7 Å². The molecule has 6 nitrogen and oxygen atoms in total. The number of ether oxygens (including phenoxy) is 1. The van der Waals surface area contributed by atoms with Crippen molar-refractivity contribution in [1.82, 2.24) is 9.80 Å². The third-order valence-electron chi connectivity index (χ3n) is 4.69. The van der Waals surface area contributed by atoms with Gasteiger partial charge in [-0.3, -0.25) is 9.59 Å². The zero-order valence-electron chi connectivity index (χ0n) is 17.5. The molecule has 0 unspecified atom stereocenters. The number of hydrogen-bond acceptors (Lipinski definition) is 5. The van der Waals surface area contributed by atoms with Crippen molar-refractivity contribution in [2.45, 2.75) is 20.0 Å². The van der Waals surface area contributed by atoms with Crippen LogP contribution < -0.4 is 0 Å². The molecule has 0 aliphatic heterocycles. The lowest BCUT2D eigenvalue weighted by molar-refractivity contribution is -0.133. The lowest BCUT2D eigenvalue weighted by Crippen LogP contribution is -2.43. The van der Waals surface area contributed by atoms with E-state index in [2.05, 4.69) is 0 Å². The van der Waals surface area contributed by atoms with Gasteiger partial charge in [-0.15, -0.1) is 11.3 Å². The lowest BCUT2D eigenvalue weighted by atomic mass is 10.2. The van der Waals surface area contributed by atoms with Crippen LogP contribution in [0.4, 0.5) is 4.39 Å². The fourth-order valence-electron chi connectivity index (χ4n) is 3.07. The second-order valence-corrected chi connectivity index (χ2v) is 8.46. The predicted molar refractivity (Wildman–Crippen MR) is 116 cm³/mol. The first-order valence-corrected chi connectivity index (χ1v) is 10.7. The minimum Gasteiger partial charge on any atom is -0.459 e. The molecule has 1 aromatic carbocycles. The summed E-state index contributed by atoms with van der Waals surface area (Å²) in [6, 6.07) is 13.3. The normalized spacial score (nSPS) is 10.8. The molecular weight excluding hydrogens is 419 g/mol. The van der Waals surface area contributed by atoms with Gasteiger partial charge >= 0.3 is 0 Å². The summed E-state index contributed by atoms with van der Waals surface area (Å²) in [4.78, 5) is 31.3. The minimum atomic E-state index is -0.371. The van der Waals surface area contributed by atoms with Crippen LogP contribution in [-0.2, 0) is 22.6 Å². The largest absolute Gasteiger partial charge is 0.459 e. The van der Waals surface area contributed by atoms with E-state index in [0.29, 0.717) is 19.7 Å².